The van der Waals surface area contributed by atoms with Crippen molar-refractivity contribution in [3.05, 3.63) is 77.1 Å². The summed E-state index contributed by atoms with van der Waals surface area (Å²) < 4.78 is 72.3. The predicted molar refractivity (Wildman–Crippen MR) is 135 cm³/mol. The summed E-state index contributed by atoms with van der Waals surface area (Å²) in [5.74, 6) is 0.638. The molecular weight excluding hydrogens is 529 g/mol. The number of halogens is 4. The fourth-order valence-corrected chi connectivity index (χ4v) is 5.50. The van der Waals surface area contributed by atoms with Gasteiger partial charge in [0.05, 0.1) is 31.9 Å². The van der Waals surface area contributed by atoms with Crippen LogP contribution in [0.25, 0.3) is 22.2 Å². The number of rotatable bonds is 7. The van der Waals surface area contributed by atoms with Gasteiger partial charge in [0.2, 0.25) is 0 Å². The lowest BCUT2D eigenvalue weighted by Gasteiger charge is -2.15. The molecule has 1 unspecified atom stereocenters. The summed E-state index contributed by atoms with van der Waals surface area (Å²) in [5.41, 5.74) is -0.587. The van der Waals surface area contributed by atoms with Gasteiger partial charge in [-0.2, -0.15) is 13.2 Å². The number of fused-ring (bicyclic) bond motifs is 1. The minimum atomic E-state index is -4.60. The van der Waals surface area contributed by atoms with E-state index in [-0.39, 0.29) is 56.9 Å². The highest BCUT2D eigenvalue weighted by molar-refractivity contribution is 7.92. The zero-order valence-corrected chi connectivity index (χ0v) is 21.3. The van der Waals surface area contributed by atoms with Crippen LogP contribution in [0.3, 0.4) is 0 Å². The maximum absolute atomic E-state index is 13.6. The van der Waals surface area contributed by atoms with Crippen molar-refractivity contribution in [2.24, 2.45) is 0 Å². The van der Waals surface area contributed by atoms with E-state index in [4.69, 9.17) is 21.4 Å². The minimum Gasteiger partial charge on any atom is -0.457 e. The van der Waals surface area contributed by atoms with Crippen LogP contribution in [0.1, 0.15) is 24.7 Å². The number of hydrogen-bond donors (Lipinski definition) is 1. The van der Waals surface area contributed by atoms with Gasteiger partial charge in [0.1, 0.15) is 17.3 Å². The zero-order chi connectivity index (χ0) is 27.0. The van der Waals surface area contributed by atoms with Gasteiger partial charge in [-0.05, 0) is 62.7 Å². The van der Waals surface area contributed by atoms with E-state index in [1.165, 1.54) is 56.3 Å². The number of para-hydroxylation sites is 1. The molecule has 1 N–H and O–H groups in total. The van der Waals surface area contributed by atoms with E-state index in [0.717, 1.165) is 6.07 Å². The summed E-state index contributed by atoms with van der Waals surface area (Å²) in [6, 6.07) is 14.3. The molecule has 0 spiro atoms. The van der Waals surface area contributed by atoms with Crippen LogP contribution in [0.2, 0.25) is 5.02 Å². The first-order chi connectivity index (χ1) is 17.4. The highest BCUT2D eigenvalue weighted by atomic mass is 35.5. The van der Waals surface area contributed by atoms with E-state index < -0.39 is 26.8 Å². The Morgan fingerprint density at radius 2 is 1.73 bits per heavy atom. The van der Waals surface area contributed by atoms with Crippen molar-refractivity contribution in [2.75, 3.05) is 6.61 Å². The molecule has 1 aromatic heterocycles. The second-order valence-electron chi connectivity index (χ2n) is 8.41. The molecule has 6 nitrogen and oxygen atoms in total. The van der Waals surface area contributed by atoms with Gasteiger partial charge in [-0.1, -0.05) is 29.8 Å². The molecule has 0 fully saturated rings. The molecule has 0 saturated heterocycles. The molecule has 0 saturated carbocycles. The lowest BCUT2D eigenvalue weighted by atomic mass is 10.0. The Morgan fingerprint density at radius 3 is 2.43 bits per heavy atom. The summed E-state index contributed by atoms with van der Waals surface area (Å²) in [7, 11) is -3.69. The minimum absolute atomic E-state index is 0.0391. The van der Waals surface area contributed by atoms with Gasteiger partial charge in [0, 0.05) is 17.6 Å². The average Bonchev–Trinajstić information content (AvgIpc) is 2.84. The number of aliphatic hydroxyl groups is 1. The molecule has 1 heterocycles. The van der Waals surface area contributed by atoms with E-state index in [1.54, 1.807) is 12.1 Å². The Hall–Kier alpha value is -3.21. The molecule has 0 aliphatic carbocycles. The SMILES string of the molecule is Cc1nc(-c2cc(Oc3cccc(S(=O)(=O)C(C)CCO)c3)ccc2Cl)c2cccc(C(F)(F)F)c2n1. The Morgan fingerprint density at radius 1 is 1.03 bits per heavy atom. The zero-order valence-electron chi connectivity index (χ0n) is 19.8. The lowest BCUT2D eigenvalue weighted by Crippen LogP contribution is -2.19. The van der Waals surface area contributed by atoms with Crippen LogP contribution >= 0.6 is 11.6 Å². The third-order valence-corrected chi connectivity index (χ3v) is 8.31. The smallest absolute Gasteiger partial charge is 0.418 e. The number of benzene rings is 3. The van der Waals surface area contributed by atoms with Gasteiger partial charge >= 0.3 is 6.18 Å². The number of ether oxygens (including phenoxy) is 1. The number of aliphatic hydroxyl groups excluding tert-OH is 1. The van der Waals surface area contributed by atoms with Crippen LogP contribution < -0.4 is 4.74 Å². The monoisotopic (exact) mass is 550 g/mol. The third-order valence-electron chi connectivity index (χ3n) is 5.77. The topological polar surface area (TPSA) is 89.4 Å². The second-order valence-corrected chi connectivity index (χ2v) is 11.2. The molecule has 0 radical (unpaired) electrons. The number of nitrogens with zero attached hydrogens (tertiary/aromatic N) is 2. The number of aryl methyl sites for hydroxylation is 1. The van der Waals surface area contributed by atoms with E-state index in [0.29, 0.717) is 5.56 Å². The molecule has 0 bridgehead atoms. The molecule has 4 aromatic rings. The first-order valence-electron chi connectivity index (χ1n) is 11.2. The summed E-state index contributed by atoms with van der Waals surface area (Å²) >= 11 is 6.43. The van der Waals surface area contributed by atoms with Gasteiger partial charge in [0.15, 0.2) is 9.84 Å². The molecule has 0 aliphatic rings. The second kappa shape index (κ2) is 10.3. The Balaban J connectivity index is 1.77. The van der Waals surface area contributed by atoms with Crippen molar-refractivity contribution in [2.45, 2.75) is 36.6 Å². The van der Waals surface area contributed by atoms with Crippen LogP contribution in [0, 0.1) is 6.92 Å². The molecule has 11 heteroatoms. The standard InChI is InChI=1S/C26H22ClF3N2O4S/c1-15(11-12-33)37(34,35)19-6-3-5-17(13-19)36-18-9-10-23(27)21(14-18)24-20-7-4-8-22(26(28,29)30)25(20)32-16(2)31-24/h3-10,13-15,33H,11-12H2,1-2H3. The van der Waals surface area contributed by atoms with Gasteiger partial charge in [-0.3, -0.25) is 0 Å². The number of hydrogen-bond acceptors (Lipinski definition) is 6. The molecule has 4 rings (SSSR count). The Bertz CT molecular complexity index is 1580. The summed E-state index contributed by atoms with van der Waals surface area (Å²) in [4.78, 5) is 8.44. The maximum atomic E-state index is 13.6. The van der Waals surface area contributed by atoms with Crippen LogP contribution in [-0.4, -0.2) is 35.3 Å². The highest BCUT2D eigenvalue weighted by Gasteiger charge is 2.34. The van der Waals surface area contributed by atoms with E-state index in [1.807, 2.05) is 0 Å². The average molecular weight is 551 g/mol. The van der Waals surface area contributed by atoms with Gasteiger partial charge in [-0.15, -0.1) is 0 Å². The predicted octanol–water partition coefficient (Wildman–Crippen LogP) is 6.61. The molecule has 3 aromatic carbocycles. The first kappa shape index (κ1) is 26.8. The van der Waals surface area contributed by atoms with Crippen molar-refractivity contribution in [1.29, 1.82) is 0 Å². The normalized spacial score (nSPS) is 13.1. The van der Waals surface area contributed by atoms with E-state index in [2.05, 4.69) is 9.97 Å². The van der Waals surface area contributed by atoms with Crippen molar-refractivity contribution in [3.8, 4) is 22.8 Å². The Kier molecular flexibility index (Phi) is 7.45. The van der Waals surface area contributed by atoms with Crippen molar-refractivity contribution in [3.63, 3.8) is 0 Å². The Labute approximate surface area is 216 Å². The van der Waals surface area contributed by atoms with E-state index in [9.17, 15) is 21.6 Å². The van der Waals surface area contributed by atoms with Gasteiger partial charge in [0.25, 0.3) is 0 Å². The van der Waals surface area contributed by atoms with Crippen molar-refractivity contribution >= 4 is 32.3 Å². The highest BCUT2D eigenvalue weighted by Crippen LogP contribution is 2.39. The van der Waals surface area contributed by atoms with Crippen molar-refractivity contribution in [1.82, 2.24) is 9.97 Å². The lowest BCUT2D eigenvalue weighted by molar-refractivity contribution is -0.136. The first-order valence-corrected chi connectivity index (χ1v) is 13.1. The summed E-state index contributed by atoms with van der Waals surface area (Å²) in [6.07, 6.45) is -4.51. The van der Waals surface area contributed by atoms with E-state index >= 15 is 0 Å². The fraction of sp³-hybridized carbons (Fsp3) is 0.231. The number of alkyl halides is 3. The molecule has 0 amide bonds. The molecule has 1 atom stereocenters. The summed E-state index contributed by atoms with van der Waals surface area (Å²) in [5, 5.41) is 8.73. The van der Waals surface area contributed by atoms with Crippen LogP contribution in [0.4, 0.5) is 13.2 Å². The van der Waals surface area contributed by atoms with Crippen LogP contribution in [-0.2, 0) is 16.0 Å². The largest absolute Gasteiger partial charge is 0.457 e. The van der Waals surface area contributed by atoms with Crippen LogP contribution in [0.15, 0.2) is 65.6 Å². The molecule has 37 heavy (non-hydrogen) atoms. The van der Waals surface area contributed by atoms with Crippen LogP contribution in [0.5, 0.6) is 11.5 Å². The number of sulfone groups is 1. The summed E-state index contributed by atoms with van der Waals surface area (Å²) in [6.45, 7) is 2.75. The third kappa shape index (κ3) is 5.56. The van der Waals surface area contributed by atoms with Gasteiger partial charge in [-0.25, -0.2) is 18.4 Å². The number of aromatic nitrogens is 2. The fourth-order valence-electron chi connectivity index (χ4n) is 3.87. The molecule has 0 aliphatic heterocycles. The maximum Gasteiger partial charge on any atom is 0.418 e. The van der Waals surface area contributed by atoms with Crippen molar-refractivity contribution < 1.29 is 31.4 Å². The van der Waals surface area contributed by atoms with Gasteiger partial charge < -0.3 is 9.84 Å². The molecule has 194 valence electrons. The quantitative estimate of drug-likeness (QED) is 0.278. The molecular formula is C26H22ClF3N2O4S.